The van der Waals surface area contributed by atoms with E-state index in [1.165, 1.54) is 44.2 Å². The number of nitrogens with zero attached hydrogens (tertiary/aromatic N) is 2. The Morgan fingerprint density at radius 2 is 1.76 bits per heavy atom. The van der Waals surface area contributed by atoms with Crippen molar-refractivity contribution in [2.24, 2.45) is 5.14 Å². The first-order valence-electron chi connectivity index (χ1n) is 8.86. The summed E-state index contributed by atoms with van der Waals surface area (Å²) in [5.74, 6) is 0. The van der Waals surface area contributed by atoms with E-state index >= 15 is 0 Å². The molecule has 1 aromatic carbocycles. The minimum absolute atomic E-state index is 0.00702. The van der Waals surface area contributed by atoms with E-state index < -0.39 is 10.0 Å². The van der Waals surface area contributed by atoms with E-state index in [1.54, 1.807) is 17.0 Å². The molecule has 8 heteroatoms. The average molecular weight is 366 g/mol. The second-order valence-electron chi connectivity index (χ2n) is 6.82. The highest BCUT2D eigenvalue weighted by Gasteiger charge is 2.27. The smallest absolute Gasteiger partial charge is 0.321 e. The summed E-state index contributed by atoms with van der Waals surface area (Å²) in [6.45, 7) is 3.18. The Hall–Kier alpha value is -1.64. The number of carbonyl (C=O) groups excluding carboxylic acids is 1. The van der Waals surface area contributed by atoms with Crippen molar-refractivity contribution in [3.8, 4) is 0 Å². The maximum absolute atomic E-state index is 12.4. The number of anilines is 1. The van der Waals surface area contributed by atoms with Gasteiger partial charge in [-0.1, -0.05) is 25.3 Å². The van der Waals surface area contributed by atoms with Gasteiger partial charge in [-0.3, -0.25) is 4.90 Å². The second kappa shape index (κ2) is 7.72. The molecule has 3 rings (SSSR count). The Balaban J connectivity index is 1.54. The van der Waals surface area contributed by atoms with E-state index in [1.807, 2.05) is 0 Å². The Labute approximate surface area is 149 Å². The van der Waals surface area contributed by atoms with Crippen LogP contribution in [0.1, 0.15) is 32.1 Å². The topological polar surface area (TPSA) is 95.7 Å². The number of nitrogens with two attached hydrogens (primary N) is 1. The van der Waals surface area contributed by atoms with Gasteiger partial charge < -0.3 is 10.2 Å². The standard InChI is InChI=1S/C17H26N4O3S/c18-25(23,24)16-8-4-5-14(13-16)19-17(22)21-11-9-20(10-12-21)15-6-2-1-3-7-15/h4-5,8,13,15H,1-3,6-7,9-12H2,(H,19,22)(H2,18,23,24). The van der Waals surface area contributed by atoms with Crippen molar-refractivity contribution in [2.45, 2.75) is 43.0 Å². The highest BCUT2D eigenvalue weighted by Crippen LogP contribution is 2.23. The Kier molecular flexibility index (Phi) is 5.61. The van der Waals surface area contributed by atoms with E-state index in [9.17, 15) is 13.2 Å². The number of amides is 2. The molecule has 0 atom stereocenters. The van der Waals surface area contributed by atoms with Crippen LogP contribution in [-0.4, -0.2) is 56.5 Å². The van der Waals surface area contributed by atoms with Crippen LogP contribution in [0.3, 0.4) is 0 Å². The van der Waals surface area contributed by atoms with Crippen LogP contribution in [0.4, 0.5) is 10.5 Å². The highest BCUT2D eigenvalue weighted by molar-refractivity contribution is 7.89. The molecule has 2 aliphatic rings. The van der Waals surface area contributed by atoms with Crippen LogP contribution >= 0.6 is 0 Å². The maximum Gasteiger partial charge on any atom is 0.321 e. The van der Waals surface area contributed by atoms with Crippen molar-refractivity contribution < 1.29 is 13.2 Å². The van der Waals surface area contributed by atoms with Gasteiger partial charge in [0.15, 0.2) is 0 Å². The van der Waals surface area contributed by atoms with Crippen molar-refractivity contribution in [3.05, 3.63) is 24.3 Å². The summed E-state index contributed by atoms with van der Waals surface area (Å²) < 4.78 is 22.8. The molecule has 138 valence electrons. The molecule has 0 aromatic heterocycles. The van der Waals surface area contributed by atoms with Gasteiger partial charge in [0, 0.05) is 37.9 Å². The monoisotopic (exact) mass is 366 g/mol. The van der Waals surface area contributed by atoms with Gasteiger partial charge in [-0.05, 0) is 31.0 Å². The van der Waals surface area contributed by atoms with Crippen LogP contribution in [0, 0.1) is 0 Å². The first-order valence-corrected chi connectivity index (χ1v) is 10.4. The summed E-state index contributed by atoms with van der Waals surface area (Å²) in [4.78, 5) is 16.7. The molecule has 1 heterocycles. The van der Waals surface area contributed by atoms with E-state index in [2.05, 4.69) is 10.2 Å². The molecule has 0 radical (unpaired) electrons. The molecule has 7 nitrogen and oxygen atoms in total. The van der Waals surface area contributed by atoms with Gasteiger partial charge in [0.05, 0.1) is 4.90 Å². The molecule has 2 fully saturated rings. The number of nitrogens with one attached hydrogen (secondary N) is 1. The number of urea groups is 1. The first kappa shape index (κ1) is 18.2. The zero-order chi connectivity index (χ0) is 17.9. The molecular weight excluding hydrogens is 340 g/mol. The van der Waals surface area contributed by atoms with Crippen molar-refractivity contribution in [1.29, 1.82) is 0 Å². The predicted octanol–water partition coefficient (Wildman–Crippen LogP) is 1.82. The lowest BCUT2D eigenvalue weighted by Crippen LogP contribution is -2.53. The van der Waals surface area contributed by atoms with Crippen LogP contribution in [0.2, 0.25) is 0 Å². The minimum atomic E-state index is -3.78. The van der Waals surface area contributed by atoms with Gasteiger partial charge in [0.2, 0.25) is 10.0 Å². The van der Waals surface area contributed by atoms with Crippen LogP contribution in [-0.2, 0) is 10.0 Å². The molecule has 1 aliphatic carbocycles. The summed E-state index contributed by atoms with van der Waals surface area (Å²) in [6.07, 6.45) is 6.51. The third kappa shape index (κ3) is 4.71. The predicted molar refractivity (Wildman–Crippen MR) is 96.9 cm³/mol. The number of benzene rings is 1. The lowest BCUT2D eigenvalue weighted by Gasteiger charge is -2.40. The molecular formula is C17H26N4O3S. The SMILES string of the molecule is NS(=O)(=O)c1cccc(NC(=O)N2CCN(C3CCCCC3)CC2)c1. The Morgan fingerprint density at radius 3 is 2.40 bits per heavy atom. The second-order valence-corrected chi connectivity index (χ2v) is 8.38. The molecule has 0 spiro atoms. The fraction of sp³-hybridized carbons (Fsp3) is 0.588. The van der Waals surface area contributed by atoms with Gasteiger partial charge in [0.25, 0.3) is 0 Å². The third-order valence-electron chi connectivity index (χ3n) is 5.11. The number of piperazine rings is 1. The molecule has 0 unspecified atom stereocenters. The van der Waals surface area contributed by atoms with Crippen molar-refractivity contribution in [2.75, 3.05) is 31.5 Å². The van der Waals surface area contributed by atoms with Gasteiger partial charge in [-0.15, -0.1) is 0 Å². The number of hydrogen-bond acceptors (Lipinski definition) is 4. The molecule has 1 saturated heterocycles. The quantitative estimate of drug-likeness (QED) is 0.853. The maximum atomic E-state index is 12.4. The average Bonchev–Trinajstić information content (AvgIpc) is 2.62. The summed E-state index contributed by atoms with van der Waals surface area (Å²) in [5.41, 5.74) is 0.436. The minimum Gasteiger partial charge on any atom is -0.322 e. The summed E-state index contributed by atoms with van der Waals surface area (Å²) in [6, 6.07) is 6.49. The van der Waals surface area contributed by atoms with E-state index in [4.69, 9.17) is 5.14 Å². The van der Waals surface area contributed by atoms with Crippen LogP contribution in [0.25, 0.3) is 0 Å². The van der Waals surface area contributed by atoms with Gasteiger partial charge in [-0.25, -0.2) is 18.4 Å². The van der Waals surface area contributed by atoms with Crippen LogP contribution in [0.15, 0.2) is 29.2 Å². The number of hydrogen-bond donors (Lipinski definition) is 2. The molecule has 3 N–H and O–H groups in total. The zero-order valence-electron chi connectivity index (χ0n) is 14.4. The molecule has 1 aromatic rings. The van der Waals surface area contributed by atoms with Crippen LogP contribution < -0.4 is 10.5 Å². The lowest BCUT2D eigenvalue weighted by molar-refractivity contribution is 0.0943. The van der Waals surface area contributed by atoms with E-state index in [0.29, 0.717) is 24.8 Å². The van der Waals surface area contributed by atoms with Gasteiger partial charge >= 0.3 is 6.03 Å². The fourth-order valence-corrected chi connectivity index (χ4v) is 4.25. The lowest BCUT2D eigenvalue weighted by atomic mass is 9.94. The van der Waals surface area contributed by atoms with Crippen molar-refractivity contribution in [3.63, 3.8) is 0 Å². The number of rotatable bonds is 3. The van der Waals surface area contributed by atoms with E-state index in [-0.39, 0.29) is 10.9 Å². The highest BCUT2D eigenvalue weighted by atomic mass is 32.2. The van der Waals surface area contributed by atoms with Gasteiger partial charge in [0.1, 0.15) is 0 Å². The summed E-state index contributed by atoms with van der Waals surface area (Å²) in [5, 5.41) is 7.90. The van der Waals surface area contributed by atoms with Gasteiger partial charge in [-0.2, -0.15) is 0 Å². The van der Waals surface area contributed by atoms with E-state index in [0.717, 1.165) is 13.1 Å². The largest absolute Gasteiger partial charge is 0.322 e. The Morgan fingerprint density at radius 1 is 1.08 bits per heavy atom. The van der Waals surface area contributed by atoms with Crippen LogP contribution in [0.5, 0.6) is 0 Å². The summed E-state index contributed by atoms with van der Waals surface area (Å²) >= 11 is 0. The number of carbonyl (C=O) groups is 1. The Bertz CT molecular complexity index is 708. The molecule has 25 heavy (non-hydrogen) atoms. The molecule has 1 aliphatic heterocycles. The zero-order valence-corrected chi connectivity index (χ0v) is 15.2. The fourth-order valence-electron chi connectivity index (χ4n) is 3.69. The third-order valence-corrected chi connectivity index (χ3v) is 6.02. The first-order chi connectivity index (χ1) is 11.9. The molecule has 2 amide bonds. The molecule has 1 saturated carbocycles. The normalized spacial score (nSPS) is 20.4. The summed E-state index contributed by atoms with van der Waals surface area (Å²) in [7, 11) is -3.78. The molecule has 0 bridgehead atoms. The number of sulfonamides is 1. The van der Waals surface area contributed by atoms with Crippen molar-refractivity contribution in [1.82, 2.24) is 9.80 Å². The number of primary sulfonamides is 1. The van der Waals surface area contributed by atoms with Crippen molar-refractivity contribution >= 4 is 21.7 Å².